The number of carbonyl (C=O) groups is 2. The molecule has 0 aliphatic carbocycles. The molecule has 0 atom stereocenters. The van der Waals surface area contributed by atoms with E-state index in [1.165, 1.54) is 0 Å². The minimum atomic E-state index is -1.13. The van der Waals surface area contributed by atoms with Crippen molar-refractivity contribution < 1.29 is 19.8 Å². The van der Waals surface area contributed by atoms with Crippen LogP contribution in [0.5, 0.6) is 0 Å². The first-order valence-corrected chi connectivity index (χ1v) is 9.00. The van der Waals surface area contributed by atoms with E-state index in [1.807, 2.05) is 26.0 Å². The van der Waals surface area contributed by atoms with Gasteiger partial charge in [-0.1, -0.05) is 60.4 Å². The molecule has 2 aromatic carbocycles. The molecular weight excluding hydrogens is 328 g/mol. The van der Waals surface area contributed by atoms with Gasteiger partial charge in [0.05, 0.1) is 11.9 Å². The van der Waals surface area contributed by atoms with Crippen LogP contribution >= 0.6 is 0 Å². The maximum absolute atomic E-state index is 11.2. The van der Waals surface area contributed by atoms with Crippen LogP contribution in [-0.4, -0.2) is 11.9 Å². The molecule has 2 rings (SSSR count). The van der Waals surface area contributed by atoms with Crippen molar-refractivity contribution in [2.75, 3.05) is 0 Å². The second kappa shape index (κ2) is 9.18. The Labute approximate surface area is 154 Å². The van der Waals surface area contributed by atoms with Crippen molar-refractivity contribution in [1.29, 1.82) is 0 Å². The third-order valence-electron chi connectivity index (χ3n) is 4.60. The number of unbranched alkanes of at least 4 members (excludes halogenated alkanes) is 3. The molecule has 26 heavy (non-hydrogen) atoms. The van der Waals surface area contributed by atoms with Gasteiger partial charge >= 0.3 is 0 Å². The minimum absolute atomic E-state index is 0.272. The summed E-state index contributed by atoms with van der Waals surface area (Å²) in [6, 6.07) is 10.6. The Hall–Kier alpha value is -2.62. The van der Waals surface area contributed by atoms with Crippen LogP contribution in [0.1, 0.15) is 68.7 Å². The number of benzene rings is 2. The number of aryl methyl sites for hydroxylation is 4. The van der Waals surface area contributed by atoms with Crippen molar-refractivity contribution >= 4 is 11.9 Å². The molecule has 0 aromatic heterocycles. The van der Waals surface area contributed by atoms with Gasteiger partial charge in [0.25, 0.3) is 0 Å². The first kappa shape index (κ1) is 19.7. The topological polar surface area (TPSA) is 80.3 Å². The van der Waals surface area contributed by atoms with Gasteiger partial charge in [0, 0.05) is 11.1 Å². The van der Waals surface area contributed by atoms with Crippen LogP contribution in [-0.2, 0) is 12.8 Å². The van der Waals surface area contributed by atoms with E-state index in [-0.39, 0.29) is 11.1 Å². The van der Waals surface area contributed by atoms with Gasteiger partial charge in [-0.3, -0.25) is 0 Å². The molecule has 0 N–H and O–H groups in total. The van der Waals surface area contributed by atoms with Crippen LogP contribution in [0.25, 0.3) is 0 Å². The van der Waals surface area contributed by atoms with Gasteiger partial charge < -0.3 is 19.8 Å². The highest BCUT2D eigenvalue weighted by molar-refractivity contribution is 5.88. The number of hydrogen-bond donors (Lipinski definition) is 0. The Kier molecular flexibility index (Phi) is 6.96. The highest BCUT2D eigenvalue weighted by atomic mass is 16.4. The summed E-state index contributed by atoms with van der Waals surface area (Å²) in [5.41, 5.74) is 4.27. The monoisotopic (exact) mass is 352 g/mol. The Balaban J connectivity index is 1.82. The lowest BCUT2D eigenvalue weighted by Gasteiger charge is -2.12. The van der Waals surface area contributed by atoms with Crippen LogP contribution < -0.4 is 10.2 Å². The van der Waals surface area contributed by atoms with E-state index in [4.69, 9.17) is 0 Å². The van der Waals surface area contributed by atoms with Crippen molar-refractivity contribution in [3.8, 4) is 0 Å². The van der Waals surface area contributed by atoms with Gasteiger partial charge in [-0.25, -0.2) is 0 Å². The van der Waals surface area contributed by atoms with Gasteiger partial charge in [0.2, 0.25) is 0 Å². The van der Waals surface area contributed by atoms with Crippen LogP contribution in [0.15, 0.2) is 36.4 Å². The van der Waals surface area contributed by atoms with Gasteiger partial charge in [-0.2, -0.15) is 0 Å². The van der Waals surface area contributed by atoms with Gasteiger partial charge in [0.1, 0.15) is 0 Å². The molecule has 4 nitrogen and oxygen atoms in total. The van der Waals surface area contributed by atoms with Gasteiger partial charge in [-0.05, 0) is 50.7 Å². The lowest BCUT2D eigenvalue weighted by molar-refractivity contribution is -0.256. The summed E-state index contributed by atoms with van der Waals surface area (Å²) in [5, 5.41) is 22.4. The molecule has 0 unspecified atom stereocenters. The molecule has 0 fully saturated rings. The lowest BCUT2D eigenvalue weighted by Crippen LogP contribution is -2.24. The molecule has 0 amide bonds. The maximum Gasteiger partial charge on any atom is 0.0718 e. The van der Waals surface area contributed by atoms with Crippen molar-refractivity contribution in [2.45, 2.75) is 52.4 Å². The maximum atomic E-state index is 11.2. The third kappa shape index (κ3) is 5.45. The number of hydrogen-bond acceptors (Lipinski definition) is 4. The third-order valence-corrected chi connectivity index (χ3v) is 4.60. The van der Waals surface area contributed by atoms with E-state index in [0.717, 1.165) is 47.9 Å². The van der Waals surface area contributed by atoms with Gasteiger partial charge in [-0.15, -0.1) is 0 Å². The second-order valence-electron chi connectivity index (χ2n) is 6.81. The smallest absolute Gasteiger partial charge is 0.0718 e. The fourth-order valence-electron chi connectivity index (χ4n) is 3.24. The van der Waals surface area contributed by atoms with Crippen molar-refractivity contribution in [1.82, 2.24) is 0 Å². The van der Waals surface area contributed by atoms with E-state index in [9.17, 15) is 19.8 Å². The SMILES string of the molecule is Cc1ccc(C(=O)[O-])c(CCCCCCc2cc(C)ccc2C(=O)[O-])c1. The van der Waals surface area contributed by atoms with Crippen LogP contribution in [0.2, 0.25) is 0 Å². The molecule has 4 heteroatoms. The summed E-state index contributed by atoms with van der Waals surface area (Å²) in [6.45, 7) is 3.89. The summed E-state index contributed by atoms with van der Waals surface area (Å²) in [4.78, 5) is 22.4. The summed E-state index contributed by atoms with van der Waals surface area (Å²) in [7, 11) is 0. The molecule has 0 bridgehead atoms. The molecule has 0 spiro atoms. The lowest BCUT2D eigenvalue weighted by atomic mass is 9.96. The average molecular weight is 352 g/mol. The van der Waals surface area contributed by atoms with Crippen molar-refractivity contribution in [2.24, 2.45) is 0 Å². The minimum Gasteiger partial charge on any atom is -0.545 e. The fourth-order valence-corrected chi connectivity index (χ4v) is 3.24. The first-order valence-electron chi connectivity index (χ1n) is 9.00. The zero-order valence-electron chi connectivity index (χ0n) is 15.3. The highest BCUT2D eigenvalue weighted by Crippen LogP contribution is 2.17. The largest absolute Gasteiger partial charge is 0.545 e. The molecule has 0 radical (unpaired) electrons. The fraction of sp³-hybridized carbons (Fsp3) is 0.364. The molecule has 0 aliphatic rings. The van der Waals surface area contributed by atoms with E-state index in [0.29, 0.717) is 12.8 Å². The zero-order valence-corrected chi connectivity index (χ0v) is 15.3. The predicted molar refractivity (Wildman–Crippen MR) is 96.9 cm³/mol. The van der Waals surface area contributed by atoms with E-state index < -0.39 is 11.9 Å². The summed E-state index contributed by atoms with van der Waals surface area (Å²) >= 11 is 0. The first-order chi connectivity index (χ1) is 12.4. The average Bonchev–Trinajstić information content (AvgIpc) is 2.57. The number of carbonyl (C=O) groups excluding carboxylic acids is 2. The van der Waals surface area contributed by atoms with Crippen molar-refractivity contribution in [3.63, 3.8) is 0 Å². The summed E-state index contributed by atoms with van der Waals surface area (Å²) in [5.74, 6) is -2.26. The van der Waals surface area contributed by atoms with Crippen molar-refractivity contribution in [3.05, 3.63) is 69.8 Å². The zero-order chi connectivity index (χ0) is 19.1. The Morgan fingerprint density at radius 2 is 1.08 bits per heavy atom. The van der Waals surface area contributed by atoms with Crippen LogP contribution in [0, 0.1) is 13.8 Å². The normalized spacial score (nSPS) is 10.7. The Morgan fingerprint density at radius 3 is 1.42 bits per heavy atom. The number of carboxylic acid groups (broad SMARTS) is 2. The number of rotatable bonds is 9. The molecular formula is C22H24O4-2. The number of aromatic carboxylic acids is 2. The molecule has 2 aromatic rings. The van der Waals surface area contributed by atoms with E-state index in [1.54, 1.807) is 24.3 Å². The molecule has 138 valence electrons. The molecule has 0 saturated carbocycles. The Morgan fingerprint density at radius 1 is 0.692 bits per heavy atom. The standard InChI is InChI=1S/C22H26O4/c1-15-9-11-19(21(23)24)17(13-15)7-5-3-4-6-8-18-14-16(2)10-12-20(18)22(25)26/h9-14H,3-8H2,1-2H3,(H,23,24)(H,25,26)/p-2. The van der Waals surface area contributed by atoms with Crippen LogP contribution in [0.4, 0.5) is 0 Å². The van der Waals surface area contributed by atoms with Gasteiger partial charge in [0.15, 0.2) is 0 Å². The van der Waals surface area contributed by atoms with Crippen LogP contribution in [0.3, 0.4) is 0 Å². The predicted octanol–water partition coefficient (Wildman–Crippen LogP) is 2.38. The quantitative estimate of drug-likeness (QED) is 0.649. The number of carboxylic acids is 2. The summed E-state index contributed by atoms with van der Waals surface area (Å²) < 4.78 is 0. The van der Waals surface area contributed by atoms with E-state index >= 15 is 0 Å². The Bertz CT molecular complexity index is 725. The molecule has 0 heterocycles. The summed E-state index contributed by atoms with van der Waals surface area (Å²) in [6.07, 6.45) is 5.13. The van der Waals surface area contributed by atoms with E-state index in [2.05, 4.69) is 0 Å². The highest BCUT2D eigenvalue weighted by Gasteiger charge is 2.06. The molecule has 0 saturated heterocycles. The second-order valence-corrected chi connectivity index (χ2v) is 6.81. The molecule has 0 aliphatic heterocycles.